The van der Waals surface area contributed by atoms with Gasteiger partial charge < -0.3 is 14.5 Å². The molecule has 7 heteroatoms. The highest BCUT2D eigenvalue weighted by Crippen LogP contribution is 2.09. The van der Waals surface area contributed by atoms with Crippen molar-refractivity contribution in [3.05, 3.63) is 0 Å². The average molecular weight is 278 g/mol. The highest BCUT2D eigenvalue weighted by molar-refractivity contribution is 7.90. The number of sulfone groups is 1. The van der Waals surface area contributed by atoms with Crippen LogP contribution in [0.4, 0.5) is 4.79 Å². The standard InChI is InChI=1S/C11H22N2O4S/c1-4-13(10(2)9-18(3,15)16)11(14)12-5-7-17-8-6-12/h10H,4-9H2,1-3H3. The minimum Gasteiger partial charge on any atom is -0.378 e. The Balaban J connectivity index is 2.66. The molecule has 1 unspecified atom stereocenters. The molecule has 0 aromatic rings. The van der Waals surface area contributed by atoms with Crippen molar-refractivity contribution >= 4 is 15.9 Å². The van der Waals surface area contributed by atoms with Crippen LogP contribution in [0.15, 0.2) is 0 Å². The first-order valence-electron chi connectivity index (χ1n) is 6.16. The second kappa shape index (κ2) is 6.38. The molecule has 0 N–H and O–H groups in total. The van der Waals surface area contributed by atoms with Crippen LogP contribution in [0.2, 0.25) is 0 Å². The Morgan fingerprint density at radius 1 is 1.39 bits per heavy atom. The molecule has 1 heterocycles. The van der Waals surface area contributed by atoms with Crippen molar-refractivity contribution in [2.75, 3.05) is 44.9 Å². The highest BCUT2D eigenvalue weighted by Gasteiger charge is 2.27. The molecule has 2 amide bonds. The van der Waals surface area contributed by atoms with Crippen LogP contribution in [-0.2, 0) is 14.6 Å². The molecule has 1 atom stereocenters. The molecule has 1 saturated heterocycles. The van der Waals surface area contributed by atoms with E-state index >= 15 is 0 Å². The number of hydrogen-bond acceptors (Lipinski definition) is 4. The number of amides is 2. The van der Waals surface area contributed by atoms with Gasteiger partial charge in [0.25, 0.3) is 0 Å². The van der Waals surface area contributed by atoms with Gasteiger partial charge in [0.05, 0.1) is 19.0 Å². The van der Waals surface area contributed by atoms with E-state index in [4.69, 9.17) is 4.74 Å². The zero-order valence-electron chi connectivity index (χ0n) is 11.3. The second-order valence-electron chi connectivity index (χ2n) is 4.61. The van der Waals surface area contributed by atoms with Crippen LogP contribution in [0.3, 0.4) is 0 Å². The van der Waals surface area contributed by atoms with Gasteiger partial charge in [0.15, 0.2) is 0 Å². The van der Waals surface area contributed by atoms with Crippen molar-refractivity contribution in [3.8, 4) is 0 Å². The molecule has 0 radical (unpaired) electrons. The summed E-state index contributed by atoms with van der Waals surface area (Å²) in [4.78, 5) is 15.6. The summed E-state index contributed by atoms with van der Waals surface area (Å²) in [6.45, 7) is 6.36. The van der Waals surface area contributed by atoms with Crippen molar-refractivity contribution in [1.82, 2.24) is 9.80 Å². The lowest BCUT2D eigenvalue weighted by atomic mass is 10.3. The van der Waals surface area contributed by atoms with Crippen LogP contribution >= 0.6 is 0 Å². The topological polar surface area (TPSA) is 66.9 Å². The maximum Gasteiger partial charge on any atom is 0.320 e. The van der Waals surface area contributed by atoms with Crippen molar-refractivity contribution in [2.45, 2.75) is 19.9 Å². The first kappa shape index (κ1) is 15.2. The van der Waals surface area contributed by atoms with Crippen LogP contribution < -0.4 is 0 Å². The van der Waals surface area contributed by atoms with E-state index < -0.39 is 9.84 Å². The summed E-state index contributed by atoms with van der Waals surface area (Å²) in [5.74, 6) is -0.00306. The van der Waals surface area contributed by atoms with Crippen LogP contribution in [0.25, 0.3) is 0 Å². The maximum atomic E-state index is 12.3. The SMILES string of the molecule is CCN(C(=O)N1CCOCC1)C(C)CS(C)(=O)=O. The van der Waals surface area contributed by atoms with Crippen LogP contribution in [-0.4, -0.2) is 75.1 Å². The Hall–Kier alpha value is -0.820. The Morgan fingerprint density at radius 3 is 2.39 bits per heavy atom. The molecule has 1 rings (SSSR count). The minimum atomic E-state index is -3.08. The molecule has 106 valence electrons. The fourth-order valence-corrected chi connectivity index (χ4v) is 3.16. The minimum absolute atomic E-state index is 0.00306. The van der Waals surface area contributed by atoms with Gasteiger partial charge in [0.2, 0.25) is 0 Å². The number of nitrogens with zero attached hydrogens (tertiary/aromatic N) is 2. The largest absolute Gasteiger partial charge is 0.378 e. The Kier molecular flexibility index (Phi) is 5.40. The van der Waals surface area contributed by atoms with Gasteiger partial charge >= 0.3 is 6.03 Å². The summed E-state index contributed by atoms with van der Waals surface area (Å²) >= 11 is 0. The Morgan fingerprint density at radius 2 is 1.94 bits per heavy atom. The smallest absolute Gasteiger partial charge is 0.320 e. The van der Waals surface area contributed by atoms with Crippen LogP contribution in [0.5, 0.6) is 0 Å². The van der Waals surface area contributed by atoms with Gasteiger partial charge in [0.1, 0.15) is 9.84 Å². The third-order valence-corrected chi connectivity index (χ3v) is 4.03. The normalized spacial score (nSPS) is 18.5. The Labute approximate surface area is 109 Å². The van der Waals surface area contributed by atoms with Gasteiger partial charge in [-0.1, -0.05) is 0 Å². The molecule has 1 fully saturated rings. The lowest BCUT2D eigenvalue weighted by molar-refractivity contribution is 0.0413. The van der Waals surface area contributed by atoms with Crippen molar-refractivity contribution in [3.63, 3.8) is 0 Å². The van der Waals surface area contributed by atoms with E-state index in [2.05, 4.69) is 0 Å². The fourth-order valence-electron chi connectivity index (χ4n) is 2.10. The van der Waals surface area contributed by atoms with E-state index in [1.54, 1.807) is 16.7 Å². The summed E-state index contributed by atoms with van der Waals surface area (Å²) in [6, 6.07) is -0.405. The quantitative estimate of drug-likeness (QED) is 0.736. The summed E-state index contributed by atoms with van der Waals surface area (Å²) in [6.07, 6.45) is 1.19. The summed E-state index contributed by atoms with van der Waals surface area (Å²) in [7, 11) is -3.08. The first-order valence-corrected chi connectivity index (χ1v) is 8.22. The third kappa shape index (κ3) is 4.45. The number of carbonyl (C=O) groups excluding carboxylic acids is 1. The third-order valence-electron chi connectivity index (χ3n) is 2.94. The number of carbonyl (C=O) groups is 1. The second-order valence-corrected chi connectivity index (χ2v) is 6.79. The van der Waals surface area contributed by atoms with Crippen molar-refractivity contribution < 1.29 is 17.9 Å². The molecule has 6 nitrogen and oxygen atoms in total. The predicted octanol–water partition coefficient (Wildman–Crippen LogP) is 0.194. The molecular weight excluding hydrogens is 256 g/mol. The summed E-state index contributed by atoms with van der Waals surface area (Å²) in [5, 5.41) is 0. The molecule has 0 spiro atoms. The lowest BCUT2D eigenvalue weighted by Gasteiger charge is -2.35. The molecule has 1 aliphatic rings. The first-order chi connectivity index (χ1) is 8.35. The molecular formula is C11H22N2O4S. The number of rotatable bonds is 4. The summed E-state index contributed by atoms with van der Waals surface area (Å²) in [5.41, 5.74) is 0. The maximum absolute atomic E-state index is 12.3. The number of morpholine rings is 1. The van der Waals surface area contributed by atoms with Gasteiger partial charge in [-0.25, -0.2) is 13.2 Å². The molecule has 0 aromatic carbocycles. The van der Waals surface area contributed by atoms with Gasteiger partial charge in [0, 0.05) is 31.9 Å². The molecule has 0 aromatic heterocycles. The molecule has 0 saturated carbocycles. The van der Waals surface area contributed by atoms with E-state index in [9.17, 15) is 13.2 Å². The monoisotopic (exact) mass is 278 g/mol. The van der Waals surface area contributed by atoms with E-state index in [-0.39, 0.29) is 17.8 Å². The van der Waals surface area contributed by atoms with E-state index in [1.807, 2.05) is 6.92 Å². The van der Waals surface area contributed by atoms with E-state index in [0.717, 1.165) is 0 Å². The molecule has 0 bridgehead atoms. The molecule has 18 heavy (non-hydrogen) atoms. The molecule has 0 aliphatic carbocycles. The van der Waals surface area contributed by atoms with Crippen molar-refractivity contribution in [1.29, 1.82) is 0 Å². The highest BCUT2D eigenvalue weighted by atomic mass is 32.2. The van der Waals surface area contributed by atoms with Gasteiger partial charge in [-0.3, -0.25) is 0 Å². The number of urea groups is 1. The zero-order chi connectivity index (χ0) is 13.8. The van der Waals surface area contributed by atoms with Crippen LogP contribution in [0.1, 0.15) is 13.8 Å². The number of hydrogen-bond donors (Lipinski definition) is 0. The van der Waals surface area contributed by atoms with Gasteiger partial charge in [-0.2, -0.15) is 0 Å². The van der Waals surface area contributed by atoms with Gasteiger partial charge in [-0.05, 0) is 13.8 Å². The Bertz CT molecular complexity index is 377. The van der Waals surface area contributed by atoms with E-state index in [0.29, 0.717) is 32.8 Å². The zero-order valence-corrected chi connectivity index (χ0v) is 12.1. The van der Waals surface area contributed by atoms with E-state index in [1.165, 1.54) is 6.26 Å². The van der Waals surface area contributed by atoms with Crippen molar-refractivity contribution in [2.24, 2.45) is 0 Å². The van der Waals surface area contributed by atoms with Gasteiger partial charge in [-0.15, -0.1) is 0 Å². The average Bonchev–Trinajstić information content (AvgIpc) is 2.28. The predicted molar refractivity (Wildman–Crippen MR) is 69.3 cm³/mol. The number of ether oxygens (including phenoxy) is 1. The fraction of sp³-hybridized carbons (Fsp3) is 0.909. The lowest BCUT2D eigenvalue weighted by Crippen LogP contribution is -2.52. The molecule has 1 aliphatic heterocycles. The summed E-state index contributed by atoms with van der Waals surface area (Å²) < 4.78 is 27.8. The van der Waals surface area contributed by atoms with Crippen LogP contribution in [0, 0.1) is 0 Å².